The Hall–Kier alpha value is -2.16. The SMILES string of the molecule is COC(=O)CCCCCNc1ncncc1C#N. The molecule has 1 aromatic heterocycles. The smallest absolute Gasteiger partial charge is 0.305 e. The summed E-state index contributed by atoms with van der Waals surface area (Å²) in [4.78, 5) is 18.6. The van der Waals surface area contributed by atoms with Gasteiger partial charge in [0.25, 0.3) is 0 Å². The van der Waals surface area contributed by atoms with E-state index in [1.807, 2.05) is 6.07 Å². The van der Waals surface area contributed by atoms with Gasteiger partial charge in [-0.15, -0.1) is 0 Å². The predicted octanol–water partition coefficient (Wildman–Crippen LogP) is 1.49. The number of anilines is 1. The number of hydrogen-bond donors (Lipinski definition) is 1. The number of nitriles is 1. The van der Waals surface area contributed by atoms with Crippen molar-refractivity contribution in [3.63, 3.8) is 0 Å². The normalized spacial score (nSPS) is 9.56. The third-order valence-electron chi connectivity index (χ3n) is 2.41. The van der Waals surface area contributed by atoms with Gasteiger partial charge in [0.05, 0.1) is 13.3 Å². The largest absolute Gasteiger partial charge is 0.469 e. The molecule has 0 spiro atoms. The van der Waals surface area contributed by atoms with Gasteiger partial charge < -0.3 is 10.1 Å². The van der Waals surface area contributed by atoms with E-state index >= 15 is 0 Å². The molecule has 1 aromatic rings. The maximum atomic E-state index is 10.9. The van der Waals surface area contributed by atoms with E-state index in [0.717, 1.165) is 19.3 Å². The topological polar surface area (TPSA) is 87.9 Å². The number of esters is 1. The van der Waals surface area contributed by atoms with Gasteiger partial charge in [-0.25, -0.2) is 9.97 Å². The van der Waals surface area contributed by atoms with Crippen molar-refractivity contribution in [3.8, 4) is 6.07 Å². The fourth-order valence-corrected chi connectivity index (χ4v) is 1.43. The molecule has 96 valence electrons. The number of hydrogen-bond acceptors (Lipinski definition) is 6. The fraction of sp³-hybridized carbons (Fsp3) is 0.500. The second-order valence-corrected chi connectivity index (χ2v) is 3.71. The summed E-state index contributed by atoms with van der Waals surface area (Å²) in [5.74, 6) is 0.381. The Kier molecular flexibility index (Phi) is 6.19. The molecule has 1 heterocycles. The van der Waals surface area contributed by atoms with Gasteiger partial charge in [0.1, 0.15) is 23.8 Å². The lowest BCUT2D eigenvalue weighted by Crippen LogP contribution is -2.06. The van der Waals surface area contributed by atoms with Crippen molar-refractivity contribution in [1.82, 2.24) is 9.97 Å². The molecule has 0 aromatic carbocycles. The monoisotopic (exact) mass is 248 g/mol. The molecule has 1 rings (SSSR count). The quantitative estimate of drug-likeness (QED) is 0.581. The van der Waals surface area contributed by atoms with E-state index in [0.29, 0.717) is 24.3 Å². The molecule has 0 bridgehead atoms. The van der Waals surface area contributed by atoms with Crippen LogP contribution >= 0.6 is 0 Å². The van der Waals surface area contributed by atoms with Crippen LogP contribution in [0.1, 0.15) is 31.2 Å². The van der Waals surface area contributed by atoms with Crippen LogP contribution in [0, 0.1) is 11.3 Å². The fourth-order valence-electron chi connectivity index (χ4n) is 1.43. The number of nitrogens with one attached hydrogen (secondary N) is 1. The van der Waals surface area contributed by atoms with Crippen molar-refractivity contribution in [1.29, 1.82) is 5.26 Å². The Bertz CT molecular complexity index is 428. The maximum absolute atomic E-state index is 10.9. The lowest BCUT2D eigenvalue weighted by Gasteiger charge is -2.05. The van der Waals surface area contributed by atoms with Crippen LogP contribution < -0.4 is 5.32 Å². The minimum absolute atomic E-state index is 0.175. The number of rotatable bonds is 7. The average molecular weight is 248 g/mol. The molecule has 0 atom stereocenters. The standard InChI is InChI=1S/C12H16N4O2/c1-18-11(17)5-3-2-4-6-15-12-10(7-13)8-14-9-16-12/h8-9H,2-6H2,1H3,(H,14,15,16). The lowest BCUT2D eigenvalue weighted by atomic mass is 10.2. The van der Waals surface area contributed by atoms with Gasteiger partial charge in [0.15, 0.2) is 0 Å². The second-order valence-electron chi connectivity index (χ2n) is 3.71. The van der Waals surface area contributed by atoms with E-state index in [1.165, 1.54) is 19.6 Å². The van der Waals surface area contributed by atoms with Gasteiger partial charge >= 0.3 is 5.97 Å². The molecule has 0 amide bonds. The molecule has 0 radical (unpaired) electrons. The third-order valence-corrected chi connectivity index (χ3v) is 2.41. The first-order chi connectivity index (χ1) is 8.77. The van der Waals surface area contributed by atoms with E-state index in [9.17, 15) is 4.79 Å². The second kappa shape index (κ2) is 8.01. The summed E-state index contributed by atoms with van der Waals surface area (Å²) >= 11 is 0. The number of ether oxygens (including phenoxy) is 1. The van der Waals surface area contributed by atoms with Crippen molar-refractivity contribution in [2.45, 2.75) is 25.7 Å². The first-order valence-electron chi connectivity index (χ1n) is 5.78. The Balaban J connectivity index is 2.18. The highest BCUT2D eigenvalue weighted by Crippen LogP contribution is 2.08. The lowest BCUT2D eigenvalue weighted by molar-refractivity contribution is -0.140. The number of carbonyl (C=O) groups is 1. The van der Waals surface area contributed by atoms with E-state index in [-0.39, 0.29) is 5.97 Å². The highest BCUT2D eigenvalue weighted by Gasteiger charge is 2.02. The predicted molar refractivity (Wildman–Crippen MR) is 65.7 cm³/mol. The molecular formula is C12H16N4O2. The van der Waals surface area contributed by atoms with Crippen LogP contribution in [0.2, 0.25) is 0 Å². The molecule has 6 heteroatoms. The van der Waals surface area contributed by atoms with Crippen LogP contribution in [0.4, 0.5) is 5.82 Å². The number of methoxy groups -OCH3 is 1. The first-order valence-corrected chi connectivity index (χ1v) is 5.78. The van der Waals surface area contributed by atoms with Crippen LogP contribution in [0.25, 0.3) is 0 Å². The summed E-state index contributed by atoms with van der Waals surface area (Å²) in [7, 11) is 1.39. The highest BCUT2D eigenvalue weighted by atomic mass is 16.5. The number of nitrogens with zero attached hydrogens (tertiary/aromatic N) is 3. The molecule has 0 unspecified atom stereocenters. The van der Waals surface area contributed by atoms with Gasteiger partial charge in [0, 0.05) is 13.0 Å². The molecule has 0 saturated heterocycles. The van der Waals surface area contributed by atoms with Crippen molar-refractivity contribution >= 4 is 11.8 Å². The van der Waals surface area contributed by atoms with E-state index in [4.69, 9.17) is 5.26 Å². The van der Waals surface area contributed by atoms with Crippen molar-refractivity contribution in [2.75, 3.05) is 19.0 Å². The van der Waals surface area contributed by atoms with Gasteiger partial charge in [-0.2, -0.15) is 5.26 Å². The molecule has 0 aliphatic carbocycles. The molecule has 18 heavy (non-hydrogen) atoms. The Morgan fingerprint density at radius 3 is 3.06 bits per heavy atom. The molecule has 6 nitrogen and oxygen atoms in total. The Morgan fingerprint density at radius 1 is 1.50 bits per heavy atom. The summed E-state index contributed by atoms with van der Waals surface area (Å²) in [5.41, 5.74) is 0.437. The van der Waals surface area contributed by atoms with Gasteiger partial charge in [-0.1, -0.05) is 6.42 Å². The van der Waals surface area contributed by atoms with E-state index in [1.54, 1.807) is 0 Å². The molecule has 0 aliphatic heterocycles. The van der Waals surface area contributed by atoms with Crippen LogP contribution in [-0.2, 0) is 9.53 Å². The summed E-state index contributed by atoms with van der Waals surface area (Å²) in [6.07, 6.45) is 5.98. The van der Waals surface area contributed by atoms with Crippen LogP contribution in [-0.4, -0.2) is 29.6 Å². The Morgan fingerprint density at radius 2 is 2.33 bits per heavy atom. The summed E-state index contributed by atoms with van der Waals surface area (Å²) in [5, 5.41) is 11.9. The van der Waals surface area contributed by atoms with Crippen molar-refractivity contribution in [3.05, 3.63) is 18.1 Å². The van der Waals surface area contributed by atoms with Gasteiger partial charge in [-0.3, -0.25) is 4.79 Å². The maximum Gasteiger partial charge on any atom is 0.305 e. The average Bonchev–Trinajstić information content (AvgIpc) is 2.42. The number of unbranched alkanes of at least 4 members (excludes halogenated alkanes) is 2. The zero-order chi connectivity index (χ0) is 13.2. The molecule has 0 fully saturated rings. The summed E-state index contributed by atoms with van der Waals surface area (Å²) in [6, 6.07) is 2.02. The zero-order valence-electron chi connectivity index (χ0n) is 10.3. The zero-order valence-corrected chi connectivity index (χ0v) is 10.3. The molecule has 0 saturated carbocycles. The summed E-state index contributed by atoms with van der Waals surface area (Å²) < 4.78 is 4.55. The van der Waals surface area contributed by atoms with E-state index in [2.05, 4.69) is 20.0 Å². The van der Waals surface area contributed by atoms with Crippen molar-refractivity contribution < 1.29 is 9.53 Å². The first kappa shape index (κ1) is 13.9. The van der Waals surface area contributed by atoms with Gasteiger partial charge in [0.2, 0.25) is 0 Å². The van der Waals surface area contributed by atoms with Gasteiger partial charge in [-0.05, 0) is 12.8 Å². The van der Waals surface area contributed by atoms with Crippen LogP contribution in [0.3, 0.4) is 0 Å². The molecule has 0 aliphatic rings. The van der Waals surface area contributed by atoms with Crippen LogP contribution in [0.5, 0.6) is 0 Å². The summed E-state index contributed by atoms with van der Waals surface area (Å²) in [6.45, 7) is 0.715. The van der Waals surface area contributed by atoms with Crippen molar-refractivity contribution in [2.24, 2.45) is 0 Å². The minimum atomic E-state index is -0.175. The number of carbonyl (C=O) groups excluding carboxylic acids is 1. The third kappa shape index (κ3) is 4.78. The Labute approximate surface area is 106 Å². The number of aromatic nitrogens is 2. The molecule has 1 N–H and O–H groups in total. The van der Waals surface area contributed by atoms with Crippen LogP contribution in [0.15, 0.2) is 12.5 Å². The minimum Gasteiger partial charge on any atom is -0.469 e. The highest BCUT2D eigenvalue weighted by molar-refractivity contribution is 5.68. The molecular weight excluding hydrogens is 232 g/mol. The van der Waals surface area contributed by atoms with E-state index < -0.39 is 0 Å².